The zero-order valence-corrected chi connectivity index (χ0v) is 15.8. The Labute approximate surface area is 164 Å². The van der Waals surface area contributed by atoms with Crippen molar-refractivity contribution in [3.05, 3.63) is 48.2 Å². The van der Waals surface area contributed by atoms with E-state index in [2.05, 4.69) is 10.4 Å². The Kier molecular flexibility index (Phi) is 5.57. The van der Waals surface area contributed by atoms with Gasteiger partial charge in [-0.25, -0.2) is 4.79 Å². The fraction of sp³-hybridized carbons (Fsp3) is 0.450. The van der Waals surface area contributed by atoms with Crippen molar-refractivity contribution in [3.63, 3.8) is 0 Å². The summed E-state index contributed by atoms with van der Waals surface area (Å²) in [7, 11) is 0. The van der Waals surface area contributed by atoms with E-state index in [0.717, 1.165) is 18.4 Å². The Morgan fingerprint density at radius 3 is 2.54 bits per heavy atom. The number of aromatic nitrogens is 2. The summed E-state index contributed by atoms with van der Waals surface area (Å²) in [6.45, 7) is 3.41. The van der Waals surface area contributed by atoms with Crippen LogP contribution in [0.4, 0.5) is 10.6 Å². The highest BCUT2D eigenvalue weighted by atomic mass is 16.5. The van der Waals surface area contributed by atoms with Crippen LogP contribution in [0.15, 0.2) is 42.6 Å². The molecule has 148 valence electrons. The molecule has 2 aromatic rings. The highest BCUT2D eigenvalue weighted by molar-refractivity contribution is 5.88. The molecule has 0 aliphatic carbocycles. The minimum atomic E-state index is -0.297. The van der Waals surface area contributed by atoms with Crippen LogP contribution in [0.1, 0.15) is 18.4 Å². The van der Waals surface area contributed by atoms with Gasteiger partial charge in [0.25, 0.3) is 5.91 Å². The largest absolute Gasteiger partial charge is 0.368 e. The van der Waals surface area contributed by atoms with Crippen molar-refractivity contribution in [2.45, 2.75) is 25.5 Å². The number of rotatable bonds is 4. The van der Waals surface area contributed by atoms with E-state index in [1.807, 2.05) is 36.5 Å². The van der Waals surface area contributed by atoms with Gasteiger partial charge in [0.1, 0.15) is 6.10 Å². The van der Waals surface area contributed by atoms with E-state index in [1.54, 1.807) is 20.5 Å². The van der Waals surface area contributed by atoms with Gasteiger partial charge in [0.2, 0.25) is 0 Å². The van der Waals surface area contributed by atoms with Crippen molar-refractivity contribution in [2.75, 3.05) is 38.1 Å². The minimum Gasteiger partial charge on any atom is -0.368 e. The second-order valence-electron chi connectivity index (χ2n) is 7.13. The third kappa shape index (κ3) is 4.33. The first-order chi connectivity index (χ1) is 13.7. The van der Waals surface area contributed by atoms with Gasteiger partial charge in [0.15, 0.2) is 5.82 Å². The van der Waals surface area contributed by atoms with E-state index in [9.17, 15) is 9.59 Å². The van der Waals surface area contributed by atoms with Crippen molar-refractivity contribution in [2.24, 2.45) is 0 Å². The van der Waals surface area contributed by atoms with Gasteiger partial charge < -0.3 is 14.5 Å². The third-order valence-corrected chi connectivity index (χ3v) is 5.15. The second-order valence-corrected chi connectivity index (χ2v) is 7.13. The van der Waals surface area contributed by atoms with Crippen molar-refractivity contribution < 1.29 is 14.3 Å². The van der Waals surface area contributed by atoms with Crippen LogP contribution in [0.3, 0.4) is 0 Å². The summed E-state index contributed by atoms with van der Waals surface area (Å²) >= 11 is 0. The Hall–Kier alpha value is -2.87. The molecule has 0 bridgehead atoms. The monoisotopic (exact) mass is 383 g/mol. The molecule has 2 saturated heterocycles. The van der Waals surface area contributed by atoms with Crippen LogP contribution < -0.4 is 5.32 Å². The molecule has 3 heterocycles. The first kappa shape index (κ1) is 18.5. The van der Waals surface area contributed by atoms with Crippen molar-refractivity contribution in [1.29, 1.82) is 0 Å². The van der Waals surface area contributed by atoms with E-state index in [0.29, 0.717) is 45.1 Å². The number of nitrogens with zero attached hydrogens (tertiary/aromatic N) is 4. The van der Waals surface area contributed by atoms with Gasteiger partial charge in [0, 0.05) is 45.0 Å². The Morgan fingerprint density at radius 2 is 1.82 bits per heavy atom. The van der Waals surface area contributed by atoms with Crippen LogP contribution in [0, 0.1) is 0 Å². The van der Waals surface area contributed by atoms with Crippen molar-refractivity contribution in [3.8, 4) is 0 Å². The molecular formula is C20H25N5O3. The number of carbonyl (C=O) groups is 2. The van der Waals surface area contributed by atoms with Gasteiger partial charge in [-0.3, -0.25) is 14.8 Å². The number of anilines is 1. The first-order valence-electron chi connectivity index (χ1n) is 9.73. The second kappa shape index (κ2) is 8.43. The molecule has 2 aliphatic rings. The summed E-state index contributed by atoms with van der Waals surface area (Å²) in [6, 6.07) is 11.6. The summed E-state index contributed by atoms with van der Waals surface area (Å²) in [5.74, 6) is 0.580. The van der Waals surface area contributed by atoms with Gasteiger partial charge in [0.05, 0.1) is 6.54 Å². The van der Waals surface area contributed by atoms with Crippen molar-refractivity contribution in [1.82, 2.24) is 19.6 Å². The van der Waals surface area contributed by atoms with Gasteiger partial charge in [-0.2, -0.15) is 5.10 Å². The number of carbonyl (C=O) groups excluding carboxylic acids is 2. The van der Waals surface area contributed by atoms with E-state index in [-0.39, 0.29) is 18.0 Å². The minimum absolute atomic E-state index is 0.0530. The van der Waals surface area contributed by atoms with E-state index in [1.165, 1.54) is 0 Å². The first-order valence-corrected chi connectivity index (χ1v) is 9.73. The third-order valence-electron chi connectivity index (χ3n) is 5.15. The summed E-state index contributed by atoms with van der Waals surface area (Å²) in [5, 5.41) is 7.26. The molecule has 2 aliphatic heterocycles. The number of ether oxygens (including phenoxy) is 1. The van der Waals surface area contributed by atoms with Crippen molar-refractivity contribution >= 4 is 17.8 Å². The molecule has 1 unspecified atom stereocenters. The lowest BCUT2D eigenvalue weighted by Gasteiger charge is -2.35. The molecule has 1 aromatic carbocycles. The maximum absolute atomic E-state index is 12.5. The van der Waals surface area contributed by atoms with Gasteiger partial charge >= 0.3 is 6.03 Å². The van der Waals surface area contributed by atoms with Gasteiger partial charge in [-0.05, 0) is 18.4 Å². The molecule has 0 radical (unpaired) electrons. The number of hydrogen-bond donors (Lipinski definition) is 1. The lowest BCUT2D eigenvalue weighted by Crippen LogP contribution is -2.53. The molecule has 0 saturated carbocycles. The lowest BCUT2D eigenvalue weighted by molar-refractivity contribution is -0.142. The average molecular weight is 383 g/mol. The summed E-state index contributed by atoms with van der Waals surface area (Å²) in [4.78, 5) is 28.4. The van der Waals surface area contributed by atoms with Crippen LogP contribution in [0.5, 0.6) is 0 Å². The SMILES string of the molecule is O=C(Nc1ccn(Cc2ccccc2)n1)N1CCN(C(=O)C2CCCO2)CC1. The number of amides is 3. The smallest absolute Gasteiger partial charge is 0.323 e. The molecule has 1 N–H and O–H groups in total. The summed E-state index contributed by atoms with van der Waals surface area (Å²) < 4.78 is 7.27. The molecule has 28 heavy (non-hydrogen) atoms. The normalized spacial score (nSPS) is 19.6. The standard InChI is InChI=1S/C20H25N5O3/c26-19(17-7-4-14-28-17)23-10-12-24(13-11-23)20(27)21-18-8-9-25(22-18)15-16-5-2-1-3-6-16/h1-3,5-6,8-9,17H,4,7,10-15H2,(H,21,22,27). The molecule has 8 nitrogen and oxygen atoms in total. The summed E-state index contributed by atoms with van der Waals surface area (Å²) in [5.41, 5.74) is 1.15. The molecule has 4 rings (SSSR count). The summed E-state index contributed by atoms with van der Waals surface area (Å²) in [6.07, 6.45) is 3.29. The maximum Gasteiger partial charge on any atom is 0.323 e. The number of urea groups is 1. The average Bonchev–Trinajstić information content (AvgIpc) is 3.41. The topological polar surface area (TPSA) is 79.7 Å². The Bertz CT molecular complexity index is 808. The Balaban J connectivity index is 1.26. The zero-order chi connectivity index (χ0) is 19.3. The fourth-order valence-electron chi connectivity index (χ4n) is 3.58. The molecule has 2 fully saturated rings. The molecule has 1 aromatic heterocycles. The van der Waals surface area contributed by atoms with E-state index < -0.39 is 0 Å². The van der Waals surface area contributed by atoms with Crippen LogP contribution in [-0.2, 0) is 16.1 Å². The molecule has 0 spiro atoms. The Morgan fingerprint density at radius 1 is 1.07 bits per heavy atom. The predicted octanol–water partition coefficient (Wildman–Crippen LogP) is 1.79. The predicted molar refractivity (Wildman–Crippen MR) is 104 cm³/mol. The number of hydrogen-bond acceptors (Lipinski definition) is 4. The zero-order valence-electron chi connectivity index (χ0n) is 15.8. The van der Waals surface area contributed by atoms with Crippen LogP contribution in [0.25, 0.3) is 0 Å². The fourth-order valence-corrected chi connectivity index (χ4v) is 3.58. The molecule has 8 heteroatoms. The molecule has 3 amide bonds. The quantitative estimate of drug-likeness (QED) is 0.873. The maximum atomic E-state index is 12.5. The van der Waals surface area contributed by atoms with E-state index in [4.69, 9.17) is 4.74 Å². The van der Waals surface area contributed by atoms with Gasteiger partial charge in [-0.15, -0.1) is 0 Å². The molecular weight excluding hydrogens is 358 g/mol. The molecule has 1 atom stereocenters. The van der Waals surface area contributed by atoms with Gasteiger partial charge in [-0.1, -0.05) is 30.3 Å². The number of benzene rings is 1. The van der Waals surface area contributed by atoms with Crippen LogP contribution in [0.2, 0.25) is 0 Å². The number of nitrogens with one attached hydrogen (secondary N) is 1. The number of piperazine rings is 1. The van der Waals surface area contributed by atoms with Crippen LogP contribution in [-0.4, -0.2) is 70.4 Å². The van der Waals surface area contributed by atoms with E-state index >= 15 is 0 Å². The highest BCUT2D eigenvalue weighted by Gasteiger charge is 2.31. The van der Waals surface area contributed by atoms with Crippen LogP contribution >= 0.6 is 0 Å². The highest BCUT2D eigenvalue weighted by Crippen LogP contribution is 2.16. The lowest BCUT2D eigenvalue weighted by atomic mass is 10.2.